The summed E-state index contributed by atoms with van der Waals surface area (Å²) in [7, 11) is 0. The molecule has 0 saturated carbocycles. The first kappa shape index (κ1) is 10.3. The van der Waals surface area contributed by atoms with E-state index in [0.29, 0.717) is 0 Å². The maximum atomic E-state index is 2.71. The number of hydrogen-bond donors (Lipinski definition) is 0. The predicted molar refractivity (Wildman–Crippen MR) is 67.5 cm³/mol. The average Bonchev–Trinajstić information content (AvgIpc) is 2.76. The second-order valence-electron chi connectivity index (χ2n) is 5.20. The largest absolute Gasteiger partial charge is 0.296 e. The first-order valence-corrected chi connectivity index (χ1v) is 6.77. The molecule has 0 spiro atoms. The number of hydrogen-bond acceptors (Lipinski definition) is 1. The Kier molecular flexibility index (Phi) is 2.96. The van der Waals surface area contributed by atoms with Crippen molar-refractivity contribution >= 4 is 0 Å². The van der Waals surface area contributed by atoms with Crippen LogP contribution in [0.15, 0.2) is 24.3 Å². The summed E-state index contributed by atoms with van der Waals surface area (Å²) in [5.74, 6) is 0. The Morgan fingerprint density at radius 3 is 2.62 bits per heavy atom. The van der Waals surface area contributed by atoms with Crippen LogP contribution in [0.4, 0.5) is 0 Å². The minimum Gasteiger partial charge on any atom is -0.296 e. The van der Waals surface area contributed by atoms with Crippen LogP contribution in [0, 0.1) is 0 Å². The third-order valence-electron chi connectivity index (χ3n) is 4.17. The molecule has 1 aromatic rings. The SMILES string of the molecule is c1ccc2c(c1)CCCCC2N1CCCC1. The van der Waals surface area contributed by atoms with E-state index in [1.54, 1.807) is 11.1 Å². The lowest BCUT2D eigenvalue weighted by molar-refractivity contribution is 0.232. The molecule has 86 valence electrons. The minimum atomic E-state index is 0.723. The van der Waals surface area contributed by atoms with E-state index in [1.165, 1.54) is 51.6 Å². The van der Waals surface area contributed by atoms with Gasteiger partial charge in [0.25, 0.3) is 0 Å². The van der Waals surface area contributed by atoms with Crippen LogP contribution < -0.4 is 0 Å². The summed E-state index contributed by atoms with van der Waals surface area (Å²) in [6.45, 7) is 2.64. The van der Waals surface area contributed by atoms with Crippen molar-refractivity contribution in [1.82, 2.24) is 4.90 Å². The molecule has 1 aromatic carbocycles. The molecule has 0 aromatic heterocycles. The van der Waals surface area contributed by atoms with Crippen LogP contribution >= 0.6 is 0 Å². The molecule has 2 aliphatic rings. The maximum Gasteiger partial charge on any atom is 0.0350 e. The number of rotatable bonds is 1. The fourth-order valence-corrected chi connectivity index (χ4v) is 3.33. The van der Waals surface area contributed by atoms with Crippen molar-refractivity contribution in [3.8, 4) is 0 Å². The van der Waals surface area contributed by atoms with Gasteiger partial charge in [0.1, 0.15) is 0 Å². The third-order valence-corrected chi connectivity index (χ3v) is 4.17. The van der Waals surface area contributed by atoms with E-state index in [-0.39, 0.29) is 0 Å². The lowest BCUT2D eigenvalue weighted by Gasteiger charge is -2.28. The van der Waals surface area contributed by atoms with E-state index in [1.807, 2.05) is 0 Å². The molecule has 1 heteroatoms. The molecule has 1 fully saturated rings. The lowest BCUT2D eigenvalue weighted by atomic mass is 9.98. The Morgan fingerprint density at radius 2 is 1.75 bits per heavy atom. The summed E-state index contributed by atoms with van der Waals surface area (Å²) in [5, 5.41) is 0. The monoisotopic (exact) mass is 215 g/mol. The third kappa shape index (κ3) is 1.89. The number of benzene rings is 1. The zero-order chi connectivity index (χ0) is 10.8. The van der Waals surface area contributed by atoms with Crippen LogP contribution in [0.2, 0.25) is 0 Å². The van der Waals surface area contributed by atoms with Crippen molar-refractivity contribution in [2.75, 3.05) is 13.1 Å². The van der Waals surface area contributed by atoms with Gasteiger partial charge in [0.05, 0.1) is 0 Å². The van der Waals surface area contributed by atoms with Gasteiger partial charge in [-0.25, -0.2) is 0 Å². The Labute approximate surface area is 98.5 Å². The standard InChI is InChI=1S/C15H21N/c1-3-9-14-13(7-1)8-2-4-10-15(14)16-11-5-6-12-16/h1,3,7,9,15H,2,4-6,8,10-12H2. The average molecular weight is 215 g/mol. The van der Waals surface area contributed by atoms with Crippen molar-refractivity contribution in [2.45, 2.75) is 44.6 Å². The van der Waals surface area contributed by atoms with Crippen LogP contribution in [0.5, 0.6) is 0 Å². The molecular weight excluding hydrogens is 194 g/mol. The Bertz CT molecular complexity index is 352. The molecule has 1 heterocycles. The van der Waals surface area contributed by atoms with Gasteiger partial charge < -0.3 is 0 Å². The summed E-state index contributed by atoms with van der Waals surface area (Å²) >= 11 is 0. The number of aryl methyl sites for hydroxylation is 1. The highest BCUT2D eigenvalue weighted by Crippen LogP contribution is 2.34. The number of fused-ring (bicyclic) bond motifs is 1. The van der Waals surface area contributed by atoms with Crippen molar-refractivity contribution < 1.29 is 0 Å². The highest BCUT2D eigenvalue weighted by atomic mass is 15.2. The molecule has 3 rings (SSSR count). The molecule has 0 N–H and O–H groups in total. The van der Waals surface area contributed by atoms with Crippen LogP contribution in [-0.4, -0.2) is 18.0 Å². The van der Waals surface area contributed by atoms with Crippen LogP contribution in [-0.2, 0) is 6.42 Å². The molecule has 1 unspecified atom stereocenters. The smallest absolute Gasteiger partial charge is 0.0350 e. The number of likely N-dealkylation sites (tertiary alicyclic amines) is 1. The van der Waals surface area contributed by atoms with Gasteiger partial charge in [0, 0.05) is 6.04 Å². The van der Waals surface area contributed by atoms with Crippen molar-refractivity contribution in [2.24, 2.45) is 0 Å². The van der Waals surface area contributed by atoms with Gasteiger partial charge in [-0.05, 0) is 56.3 Å². The van der Waals surface area contributed by atoms with E-state index < -0.39 is 0 Å². The van der Waals surface area contributed by atoms with Crippen molar-refractivity contribution in [3.63, 3.8) is 0 Å². The maximum absolute atomic E-state index is 2.71. The molecular formula is C15H21N. The molecule has 1 atom stereocenters. The first-order valence-electron chi connectivity index (χ1n) is 6.77. The van der Waals surface area contributed by atoms with Gasteiger partial charge in [-0.15, -0.1) is 0 Å². The normalized spacial score (nSPS) is 26.4. The van der Waals surface area contributed by atoms with Gasteiger partial charge in [0.2, 0.25) is 0 Å². The molecule has 0 bridgehead atoms. The van der Waals surface area contributed by atoms with Crippen LogP contribution in [0.1, 0.15) is 49.3 Å². The quantitative estimate of drug-likeness (QED) is 0.648. The molecule has 1 aliphatic heterocycles. The zero-order valence-corrected chi connectivity index (χ0v) is 9.99. The Morgan fingerprint density at radius 1 is 0.938 bits per heavy atom. The Balaban J connectivity index is 1.92. The molecule has 16 heavy (non-hydrogen) atoms. The zero-order valence-electron chi connectivity index (χ0n) is 9.99. The Hall–Kier alpha value is -0.820. The molecule has 0 radical (unpaired) electrons. The lowest BCUT2D eigenvalue weighted by Crippen LogP contribution is -2.25. The second-order valence-corrected chi connectivity index (χ2v) is 5.20. The summed E-state index contributed by atoms with van der Waals surface area (Å²) in [5.41, 5.74) is 3.24. The minimum absolute atomic E-state index is 0.723. The van der Waals surface area contributed by atoms with E-state index >= 15 is 0 Å². The van der Waals surface area contributed by atoms with E-state index in [9.17, 15) is 0 Å². The second kappa shape index (κ2) is 4.58. The van der Waals surface area contributed by atoms with E-state index in [0.717, 1.165) is 6.04 Å². The topological polar surface area (TPSA) is 3.24 Å². The molecule has 1 aliphatic carbocycles. The summed E-state index contributed by atoms with van der Waals surface area (Å²) in [6, 6.07) is 9.84. The predicted octanol–water partition coefficient (Wildman–Crippen LogP) is 3.55. The van der Waals surface area contributed by atoms with Gasteiger partial charge in [-0.2, -0.15) is 0 Å². The van der Waals surface area contributed by atoms with Gasteiger partial charge in [0.15, 0.2) is 0 Å². The van der Waals surface area contributed by atoms with Gasteiger partial charge in [-0.1, -0.05) is 30.7 Å². The fraction of sp³-hybridized carbons (Fsp3) is 0.600. The first-order chi connectivity index (χ1) is 7.95. The van der Waals surface area contributed by atoms with Gasteiger partial charge in [-0.3, -0.25) is 4.90 Å². The summed E-state index contributed by atoms with van der Waals surface area (Å²) < 4.78 is 0. The van der Waals surface area contributed by atoms with Crippen LogP contribution in [0.25, 0.3) is 0 Å². The fourth-order valence-electron chi connectivity index (χ4n) is 3.33. The van der Waals surface area contributed by atoms with Crippen LogP contribution in [0.3, 0.4) is 0 Å². The van der Waals surface area contributed by atoms with Crippen molar-refractivity contribution in [1.29, 1.82) is 0 Å². The molecule has 1 nitrogen and oxygen atoms in total. The summed E-state index contributed by atoms with van der Waals surface area (Å²) in [4.78, 5) is 2.71. The van der Waals surface area contributed by atoms with Gasteiger partial charge >= 0.3 is 0 Å². The van der Waals surface area contributed by atoms with Crippen molar-refractivity contribution in [3.05, 3.63) is 35.4 Å². The molecule has 1 saturated heterocycles. The number of nitrogens with zero attached hydrogens (tertiary/aromatic N) is 1. The highest BCUT2D eigenvalue weighted by Gasteiger charge is 2.26. The highest BCUT2D eigenvalue weighted by molar-refractivity contribution is 5.31. The summed E-state index contributed by atoms with van der Waals surface area (Å²) in [6.07, 6.45) is 8.24. The van der Waals surface area contributed by atoms with E-state index in [2.05, 4.69) is 29.2 Å². The van der Waals surface area contributed by atoms with E-state index in [4.69, 9.17) is 0 Å². The molecule has 0 amide bonds.